The number of hydrogen-bond donors (Lipinski definition) is 0. The van der Waals surface area contributed by atoms with E-state index in [1.165, 1.54) is 21.3 Å². The average molecular weight is 394 g/mol. The maximum atomic E-state index is 13.2. The number of benzene rings is 2. The summed E-state index contributed by atoms with van der Waals surface area (Å²) in [6.45, 7) is 0. The highest BCUT2D eigenvalue weighted by atomic mass is 16.5. The second kappa shape index (κ2) is 7.09. The van der Waals surface area contributed by atoms with Crippen LogP contribution in [0, 0.1) is 0 Å². The van der Waals surface area contributed by atoms with Crippen LogP contribution in [0.4, 0.5) is 0 Å². The lowest BCUT2D eigenvalue weighted by molar-refractivity contribution is -0.140. The fourth-order valence-electron chi connectivity index (χ4n) is 3.80. The molecular formula is C22H18O7. The molecule has 0 aromatic heterocycles. The zero-order chi connectivity index (χ0) is 20.7. The summed E-state index contributed by atoms with van der Waals surface area (Å²) >= 11 is 0. The van der Waals surface area contributed by atoms with Crippen LogP contribution in [0.1, 0.15) is 38.6 Å². The third-order valence-corrected chi connectivity index (χ3v) is 5.14. The van der Waals surface area contributed by atoms with Gasteiger partial charge in [0.15, 0.2) is 23.0 Å². The molecule has 0 saturated carbocycles. The fraction of sp³-hybridized carbons (Fsp3) is 0.227. The molecule has 7 nitrogen and oxygen atoms in total. The predicted molar refractivity (Wildman–Crippen MR) is 102 cm³/mol. The predicted octanol–water partition coefficient (Wildman–Crippen LogP) is 3.08. The fourth-order valence-corrected chi connectivity index (χ4v) is 3.80. The molecule has 2 aromatic rings. The Bertz CT molecular complexity index is 1060. The van der Waals surface area contributed by atoms with Gasteiger partial charge in [-0.2, -0.15) is 0 Å². The van der Waals surface area contributed by atoms with Crippen LogP contribution in [0.2, 0.25) is 0 Å². The van der Waals surface area contributed by atoms with Gasteiger partial charge in [0.05, 0.1) is 33.3 Å². The van der Waals surface area contributed by atoms with Gasteiger partial charge in [-0.25, -0.2) is 0 Å². The van der Waals surface area contributed by atoms with E-state index in [1.54, 1.807) is 36.4 Å². The molecule has 148 valence electrons. The summed E-state index contributed by atoms with van der Waals surface area (Å²) in [6, 6.07) is 9.86. The molecule has 29 heavy (non-hydrogen) atoms. The van der Waals surface area contributed by atoms with Crippen LogP contribution in [0.25, 0.3) is 0 Å². The van der Waals surface area contributed by atoms with Crippen molar-refractivity contribution in [2.24, 2.45) is 0 Å². The first-order valence-electron chi connectivity index (χ1n) is 8.93. The topological polar surface area (TPSA) is 88.1 Å². The number of esters is 1. The molecule has 1 heterocycles. The molecule has 0 bridgehead atoms. The van der Waals surface area contributed by atoms with Crippen LogP contribution in [0.3, 0.4) is 0 Å². The highest BCUT2D eigenvalue weighted by Crippen LogP contribution is 2.46. The van der Waals surface area contributed by atoms with Gasteiger partial charge >= 0.3 is 5.97 Å². The monoisotopic (exact) mass is 394 g/mol. The SMILES string of the molecule is COc1cc([C@@H]2CC(=O)OC3=C2C(=O)c2ccccc2C3=O)cc(OC)c1OC. The minimum atomic E-state index is -0.676. The number of hydrogen-bond acceptors (Lipinski definition) is 7. The van der Waals surface area contributed by atoms with Crippen molar-refractivity contribution in [2.75, 3.05) is 21.3 Å². The van der Waals surface area contributed by atoms with Crippen LogP contribution in [-0.2, 0) is 9.53 Å². The van der Waals surface area contributed by atoms with Crippen molar-refractivity contribution in [1.29, 1.82) is 0 Å². The summed E-state index contributed by atoms with van der Waals surface area (Å²) in [5.74, 6) is -1.10. The second-order valence-electron chi connectivity index (χ2n) is 6.64. The van der Waals surface area contributed by atoms with E-state index in [0.717, 1.165) is 0 Å². The Hall–Kier alpha value is -3.61. The van der Waals surface area contributed by atoms with E-state index >= 15 is 0 Å². The molecule has 0 unspecified atom stereocenters. The molecule has 2 aliphatic rings. The standard InChI is InChI=1S/C22H18O7/c1-26-15-8-11(9-16(27-2)21(15)28-3)14-10-17(23)29-22-18(14)19(24)12-6-4-5-7-13(12)20(22)25/h4-9,14H,10H2,1-3H3/t14-/m0/s1. The molecule has 1 aliphatic heterocycles. The second-order valence-corrected chi connectivity index (χ2v) is 6.64. The lowest BCUT2D eigenvalue weighted by atomic mass is 9.77. The summed E-state index contributed by atoms with van der Waals surface area (Å²) in [6.07, 6.45) is -0.0847. The molecule has 0 spiro atoms. The van der Waals surface area contributed by atoms with E-state index < -0.39 is 17.7 Å². The maximum absolute atomic E-state index is 13.2. The largest absolute Gasteiger partial charge is 0.493 e. The van der Waals surface area contributed by atoms with E-state index in [9.17, 15) is 14.4 Å². The normalized spacial score (nSPS) is 18.0. The lowest BCUT2D eigenvalue weighted by Crippen LogP contribution is -2.32. The molecule has 4 rings (SSSR count). The van der Waals surface area contributed by atoms with Gasteiger partial charge in [-0.1, -0.05) is 24.3 Å². The third kappa shape index (κ3) is 2.86. The van der Waals surface area contributed by atoms with Crippen molar-refractivity contribution < 1.29 is 33.3 Å². The summed E-state index contributed by atoms with van der Waals surface area (Å²) in [4.78, 5) is 38.4. The van der Waals surface area contributed by atoms with Crippen molar-refractivity contribution >= 4 is 17.5 Å². The van der Waals surface area contributed by atoms with Crippen LogP contribution in [-0.4, -0.2) is 38.9 Å². The Labute approximate surface area is 166 Å². The molecular weight excluding hydrogens is 376 g/mol. The number of rotatable bonds is 4. The van der Waals surface area contributed by atoms with Crippen LogP contribution in [0.5, 0.6) is 17.2 Å². The van der Waals surface area contributed by atoms with E-state index in [0.29, 0.717) is 28.4 Å². The van der Waals surface area contributed by atoms with E-state index in [2.05, 4.69) is 0 Å². The van der Waals surface area contributed by atoms with Gasteiger partial charge in [0.1, 0.15) is 0 Å². The highest BCUT2D eigenvalue weighted by molar-refractivity contribution is 6.27. The molecule has 1 atom stereocenters. The minimum absolute atomic E-state index is 0.0847. The number of methoxy groups -OCH3 is 3. The first-order valence-corrected chi connectivity index (χ1v) is 8.93. The number of allylic oxidation sites excluding steroid dienone is 2. The van der Waals surface area contributed by atoms with E-state index in [4.69, 9.17) is 18.9 Å². The molecule has 7 heteroatoms. The highest BCUT2D eigenvalue weighted by Gasteiger charge is 2.43. The van der Waals surface area contributed by atoms with Gasteiger partial charge in [0.25, 0.3) is 0 Å². The molecule has 0 N–H and O–H groups in total. The Morgan fingerprint density at radius 3 is 2.00 bits per heavy atom. The van der Waals surface area contributed by atoms with E-state index in [-0.39, 0.29) is 29.1 Å². The lowest BCUT2D eigenvalue weighted by Gasteiger charge is -2.30. The van der Waals surface area contributed by atoms with Crippen LogP contribution in [0.15, 0.2) is 47.7 Å². The van der Waals surface area contributed by atoms with Crippen molar-refractivity contribution in [3.05, 3.63) is 64.4 Å². The Balaban J connectivity index is 1.91. The number of ether oxygens (including phenoxy) is 4. The van der Waals surface area contributed by atoms with Crippen LogP contribution >= 0.6 is 0 Å². The Kier molecular flexibility index (Phi) is 4.58. The summed E-state index contributed by atoms with van der Waals surface area (Å²) in [7, 11) is 4.44. The summed E-state index contributed by atoms with van der Waals surface area (Å²) in [5.41, 5.74) is 1.29. The number of fused-ring (bicyclic) bond motifs is 1. The van der Waals surface area contributed by atoms with Gasteiger partial charge in [-0.05, 0) is 17.7 Å². The zero-order valence-corrected chi connectivity index (χ0v) is 16.1. The molecule has 1 aliphatic carbocycles. The molecule has 0 amide bonds. The summed E-state index contributed by atoms with van der Waals surface area (Å²) < 4.78 is 21.3. The van der Waals surface area contributed by atoms with Gasteiger partial charge in [-0.15, -0.1) is 0 Å². The van der Waals surface area contributed by atoms with Gasteiger partial charge in [-0.3, -0.25) is 14.4 Å². The van der Waals surface area contributed by atoms with Gasteiger partial charge in [0.2, 0.25) is 11.5 Å². The Morgan fingerprint density at radius 2 is 1.45 bits per heavy atom. The first-order chi connectivity index (χ1) is 14.0. The number of carbonyl (C=O) groups excluding carboxylic acids is 3. The van der Waals surface area contributed by atoms with Gasteiger partial charge < -0.3 is 18.9 Å². The minimum Gasteiger partial charge on any atom is -0.493 e. The maximum Gasteiger partial charge on any atom is 0.312 e. The first kappa shape index (κ1) is 18.7. The van der Waals surface area contributed by atoms with Crippen molar-refractivity contribution in [3.63, 3.8) is 0 Å². The average Bonchev–Trinajstić information content (AvgIpc) is 2.75. The quantitative estimate of drug-likeness (QED) is 0.737. The third-order valence-electron chi connectivity index (χ3n) is 5.14. The molecule has 0 saturated heterocycles. The van der Waals surface area contributed by atoms with Gasteiger partial charge in [0, 0.05) is 17.0 Å². The number of carbonyl (C=O) groups is 3. The summed E-state index contributed by atoms with van der Waals surface area (Å²) in [5, 5.41) is 0. The molecule has 2 aromatic carbocycles. The molecule has 0 radical (unpaired) electrons. The number of Topliss-reactive ketones (excluding diaryl/α,β-unsaturated/α-hetero) is 2. The smallest absolute Gasteiger partial charge is 0.312 e. The van der Waals surface area contributed by atoms with Crippen molar-refractivity contribution in [1.82, 2.24) is 0 Å². The van der Waals surface area contributed by atoms with Crippen LogP contribution < -0.4 is 14.2 Å². The number of ketones is 2. The molecule has 0 fully saturated rings. The van der Waals surface area contributed by atoms with E-state index in [1.807, 2.05) is 0 Å². The Morgan fingerprint density at radius 1 is 0.862 bits per heavy atom. The zero-order valence-electron chi connectivity index (χ0n) is 16.1. The van der Waals surface area contributed by atoms with Crippen molar-refractivity contribution in [2.45, 2.75) is 12.3 Å². The van der Waals surface area contributed by atoms with Crippen molar-refractivity contribution in [3.8, 4) is 17.2 Å².